The predicted molar refractivity (Wildman–Crippen MR) is 66.9 cm³/mol. The van der Waals surface area contributed by atoms with Gasteiger partial charge in [0.2, 0.25) is 5.55 Å². The zero-order chi connectivity index (χ0) is 12.0. The van der Waals surface area contributed by atoms with Crippen LogP contribution in [0.5, 0.6) is 0 Å². The molecule has 0 saturated carbocycles. The standard InChI is InChI=1S/C13H8N2OS/c1-7-4-10-11(17-7)3-2-8-5-9(6-14)13(15)16-12(8)10/h2-5,15H,1H3. The molecule has 3 aromatic rings. The Balaban J connectivity index is 2.55. The first-order valence-electron chi connectivity index (χ1n) is 5.11. The van der Waals surface area contributed by atoms with E-state index in [9.17, 15) is 0 Å². The molecule has 0 aliphatic rings. The Morgan fingerprint density at radius 1 is 1.35 bits per heavy atom. The molecule has 17 heavy (non-hydrogen) atoms. The fraction of sp³-hybridized carbons (Fsp3) is 0.0769. The maximum absolute atomic E-state index is 8.87. The smallest absolute Gasteiger partial charge is 0.229 e. The molecule has 0 atom stereocenters. The molecule has 1 aromatic carbocycles. The van der Waals surface area contributed by atoms with Crippen LogP contribution in [0, 0.1) is 23.7 Å². The SMILES string of the molecule is Cc1cc2c(ccc3cc(C#N)c(=N)oc32)s1. The fourth-order valence-electron chi connectivity index (χ4n) is 1.92. The van der Waals surface area contributed by atoms with Gasteiger partial charge in [0.25, 0.3) is 0 Å². The molecule has 0 aliphatic carbocycles. The highest BCUT2D eigenvalue weighted by molar-refractivity contribution is 7.19. The van der Waals surface area contributed by atoms with E-state index in [-0.39, 0.29) is 11.1 Å². The van der Waals surface area contributed by atoms with Gasteiger partial charge in [0.15, 0.2) is 0 Å². The molecule has 0 unspecified atom stereocenters. The Labute approximate surface area is 101 Å². The van der Waals surface area contributed by atoms with E-state index in [1.807, 2.05) is 25.1 Å². The van der Waals surface area contributed by atoms with Gasteiger partial charge in [-0.05, 0) is 31.2 Å². The predicted octanol–water partition coefficient (Wildman–Crippen LogP) is 3.31. The quantitative estimate of drug-likeness (QED) is 0.655. The van der Waals surface area contributed by atoms with Crippen molar-refractivity contribution in [2.75, 3.05) is 0 Å². The molecule has 2 heterocycles. The second kappa shape index (κ2) is 3.44. The minimum atomic E-state index is -0.0728. The molecule has 3 nitrogen and oxygen atoms in total. The maximum Gasteiger partial charge on any atom is 0.229 e. The molecule has 0 saturated heterocycles. The fourth-order valence-corrected chi connectivity index (χ4v) is 2.84. The molecule has 2 aromatic heterocycles. The van der Waals surface area contributed by atoms with Gasteiger partial charge < -0.3 is 4.42 Å². The van der Waals surface area contributed by atoms with E-state index in [0.717, 1.165) is 15.5 Å². The van der Waals surface area contributed by atoms with Crippen LogP contribution in [0.25, 0.3) is 21.1 Å². The number of hydrogen-bond donors (Lipinski definition) is 1. The summed E-state index contributed by atoms with van der Waals surface area (Å²) in [5.74, 6) is 0. The zero-order valence-electron chi connectivity index (χ0n) is 9.07. The average Bonchev–Trinajstić information content (AvgIpc) is 2.69. The molecule has 0 aliphatic heterocycles. The van der Waals surface area contributed by atoms with Gasteiger partial charge in [-0.25, -0.2) is 0 Å². The Bertz CT molecular complexity index is 836. The van der Waals surface area contributed by atoms with E-state index >= 15 is 0 Å². The van der Waals surface area contributed by atoms with Crippen LogP contribution in [0.15, 0.2) is 28.7 Å². The van der Waals surface area contributed by atoms with E-state index in [4.69, 9.17) is 15.1 Å². The van der Waals surface area contributed by atoms with Crippen LogP contribution in [0.1, 0.15) is 10.4 Å². The number of thiophene rings is 1. The van der Waals surface area contributed by atoms with Gasteiger partial charge >= 0.3 is 0 Å². The number of hydrogen-bond acceptors (Lipinski definition) is 4. The highest BCUT2D eigenvalue weighted by Crippen LogP contribution is 2.31. The Morgan fingerprint density at radius 3 is 2.94 bits per heavy atom. The summed E-state index contributed by atoms with van der Waals surface area (Å²) in [6.45, 7) is 2.04. The van der Waals surface area contributed by atoms with Gasteiger partial charge in [0.1, 0.15) is 17.2 Å². The summed E-state index contributed by atoms with van der Waals surface area (Å²) in [5.41, 5.74) is 0.885. The van der Waals surface area contributed by atoms with Crippen LogP contribution in [0.3, 0.4) is 0 Å². The summed E-state index contributed by atoms with van der Waals surface area (Å²) in [4.78, 5) is 1.21. The van der Waals surface area contributed by atoms with Crippen molar-refractivity contribution in [1.82, 2.24) is 0 Å². The topological polar surface area (TPSA) is 60.8 Å². The molecule has 0 spiro atoms. The lowest BCUT2D eigenvalue weighted by atomic mass is 10.1. The molecule has 4 heteroatoms. The molecular weight excluding hydrogens is 232 g/mol. The highest BCUT2D eigenvalue weighted by Gasteiger charge is 2.08. The van der Waals surface area contributed by atoms with Crippen LogP contribution < -0.4 is 5.55 Å². The summed E-state index contributed by atoms with van der Waals surface area (Å²) in [7, 11) is 0. The molecule has 0 fully saturated rings. The first-order valence-corrected chi connectivity index (χ1v) is 5.92. The Hall–Kier alpha value is -2.12. The van der Waals surface area contributed by atoms with Crippen molar-refractivity contribution in [1.29, 1.82) is 10.7 Å². The number of fused-ring (bicyclic) bond motifs is 3. The van der Waals surface area contributed by atoms with E-state index in [1.165, 1.54) is 4.88 Å². The summed E-state index contributed by atoms with van der Waals surface area (Å²) < 4.78 is 6.60. The van der Waals surface area contributed by atoms with Crippen molar-refractivity contribution in [3.05, 3.63) is 40.3 Å². The van der Waals surface area contributed by atoms with E-state index < -0.39 is 0 Å². The average molecular weight is 240 g/mol. The summed E-state index contributed by atoms with van der Waals surface area (Å²) in [6, 6.07) is 9.67. The first kappa shape index (κ1) is 10.1. The van der Waals surface area contributed by atoms with Gasteiger partial charge in [-0.15, -0.1) is 11.3 Å². The van der Waals surface area contributed by atoms with Crippen molar-refractivity contribution in [3.63, 3.8) is 0 Å². The number of nitrogens with one attached hydrogen (secondary N) is 1. The van der Waals surface area contributed by atoms with Crippen molar-refractivity contribution in [2.45, 2.75) is 6.92 Å². The van der Waals surface area contributed by atoms with E-state index in [2.05, 4.69) is 6.07 Å². The second-order valence-corrected chi connectivity index (χ2v) is 5.14. The largest absolute Gasteiger partial charge is 0.437 e. The third kappa shape index (κ3) is 1.44. The number of rotatable bonds is 0. The van der Waals surface area contributed by atoms with Crippen LogP contribution >= 0.6 is 11.3 Å². The summed E-state index contributed by atoms with van der Waals surface area (Å²) in [5, 5.41) is 18.4. The molecule has 1 N–H and O–H groups in total. The molecular formula is C13H8N2OS. The molecule has 82 valence electrons. The van der Waals surface area contributed by atoms with Crippen LogP contribution in [-0.4, -0.2) is 0 Å². The summed E-state index contributed by atoms with van der Waals surface area (Å²) in [6.07, 6.45) is 0. The van der Waals surface area contributed by atoms with Crippen molar-refractivity contribution in [3.8, 4) is 6.07 Å². The van der Waals surface area contributed by atoms with Crippen molar-refractivity contribution in [2.24, 2.45) is 0 Å². The monoisotopic (exact) mass is 240 g/mol. The third-order valence-electron chi connectivity index (χ3n) is 2.67. The highest BCUT2D eigenvalue weighted by atomic mass is 32.1. The van der Waals surface area contributed by atoms with Crippen LogP contribution in [0.4, 0.5) is 0 Å². The molecule has 0 radical (unpaired) electrons. The van der Waals surface area contributed by atoms with E-state index in [1.54, 1.807) is 17.4 Å². The molecule has 0 amide bonds. The van der Waals surface area contributed by atoms with Crippen molar-refractivity contribution < 1.29 is 4.42 Å². The van der Waals surface area contributed by atoms with Gasteiger partial charge in [-0.3, -0.25) is 5.41 Å². The van der Waals surface area contributed by atoms with E-state index in [0.29, 0.717) is 5.58 Å². The number of aryl methyl sites for hydroxylation is 1. The lowest BCUT2D eigenvalue weighted by molar-refractivity contribution is 0.533. The lowest BCUT2D eigenvalue weighted by Crippen LogP contribution is -2.03. The second-order valence-electron chi connectivity index (χ2n) is 3.85. The summed E-state index contributed by atoms with van der Waals surface area (Å²) >= 11 is 1.70. The minimum Gasteiger partial charge on any atom is -0.437 e. The zero-order valence-corrected chi connectivity index (χ0v) is 9.89. The molecule has 3 rings (SSSR count). The maximum atomic E-state index is 8.87. The van der Waals surface area contributed by atoms with Crippen LogP contribution in [0.2, 0.25) is 0 Å². The first-order chi connectivity index (χ1) is 8.19. The van der Waals surface area contributed by atoms with Gasteiger partial charge in [0.05, 0.1) is 0 Å². The van der Waals surface area contributed by atoms with Gasteiger partial charge in [-0.1, -0.05) is 0 Å². The Kier molecular flexibility index (Phi) is 2.03. The number of nitrogens with zero attached hydrogens (tertiary/aromatic N) is 1. The minimum absolute atomic E-state index is 0.0728. The van der Waals surface area contributed by atoms with Gasteiger partial charge in [-0.2, -0.15) is 5.26 Å². The van der Waals surface area contributed by atoms with Gasteiger partial charge in [0, 0.05) is 20.3 Å². The normalized spacial score (nSPS) is 10.8. The third-order valence-corrected chi connectivity index (χ3v) is 3.69. The van der Waals surface area contributed by atoms with Crippen molar-refractivity contribution >= 4 is 32.4 Å². The van der Waals surface area contributed by atoms with Crippen LogP contribution in [-0.2, 0) is 0 Å². The molecule has 0 bridgehead atoms. The number of benzene rings is 1. The lowest BCUT2D eigenvalue weighted by Gasteiger charge is -1.99. The Morgan fingerprint density at radius 2 is 2.18 bits per heavy atom. The number of nitriles is 1.